The number of halogens is 3. The first kappa shape index (κ1) is 12.3. The van der Waals surface area contributed by atoms with Gasteiger partial charge in [0.05, 0.1) is 6.04 Å². The lowest BCUT2D eigenvalue weighted by atomic mass is 10.0. The average Bonchev–Trinajstić information content (AvgIpc) is 2.14. The van der Waals surface area contributed by atoms with Gasteiger partial charge in [-0.05, 0) is 12.8 Å². The second-order valence-corrected chi connectivity index (χ2v) is 3.52. The molecule has 0 bridgehead atoms. The van der Waals surface area contributed by atoms with Gasteiger partial charge in [-0.3, -0.25) is 4.79 Å². The number of carbonyl (C=O) groups excluding carboxylic acids is 1. The molecule has 1 unspecified atom stereocenters. The Kier molecular flexibility index (Phi) is 3.92. The summed E-state index contributed by atoms with van der Waals surface area (Å²) in [6, 6.07) is -0.412. The zero-order valence-corrected chi connectivity index (χ0v) is 8.05. The largest absolute Gasteiger partial charge is 0.471 e. The number of hydrogen-bond acceptors (Lipinski definition) is 3. The van der Waals surface area contributed by atoms with Crippen LogP contribution >= 0.6 is 0 Å². The maximum absolute atomic E-state index is 11.8. The number of rotatable bonds is 2. The smallest absolute Gasteiger partial charge is 0.347 e. The van der Waals surface area contributed by atoms with Crippen molar-refractivity contribution in [3.63, 3.8) is 0 Å². The minimum atomic E-state index is -4.85. The van der Waals surface area contributed by atoms with Gasteiger partial charge in [-0.2, -0.15) is 18.2 Å². The van der Waals surface area contributed by atoms with Gasteiger partial charge >= 0.3 is 12.1 Å². The van der Waals surface area contributed by atoms with E-state index in [0.29, 0.717) is 13.0 Å². The summed E-state index contributed by atoms with van der Waals surface area (Å²) in [4.78, 5) is 10.5. The highest BCUT2D eigenvalue weighted by molar-refractivity contribution is 5.81. The summed E-state index contributed by atoms with van der Waals surface area (Å²) >= 11 is 0. The van der Waals surface area contributed by atoms with Crippen LogP contribution in [0.1, 0.15) is 19.3 Å². The van der Waals surface area contributed by atoms with Gasteiger partial charge < -0.3 is 10.5 Å². The number of nitrogens with one attached hydrogen (secondary N) is 1. The van der Waals surface area contributed by atoms with Gasteiger partial charge in [-0.25, -0.2) is 0 Å². The summed E-state index contributed by atoms with van der Waals surface area (Å²) in [5.74, 6) is -1.96. The first-order valence-corrected chi connectivity index (χ1v) is 4.72. The number of nitrogens with zero attached hydrogens (tertiary/aromatic N) is 1. The Morgan fingerprint density at radius 2 is 2.13 bits per heavy atom. The molecular formula is C8H13F3N2O2. The van der Waals surface area contributed by atoms with Crippen molar-refractivity contribution in [2.45, 2.75) is 31.5 Å². The summed E-state index contributed by atoms with van der Waals surface area (Å²) < 4.78 is 35.4. The van der Waals surface area contributed by atoms with E-state index in [-0.39, 0.29) is 6.54 Å². The monoisotopic (exact) mass is 226 g/mol. The molecule has 1 amide bonds. The van der Waals surface area contributed by atoms with Crippen molar-refractivity contribution in [1.29, 1.82) is 0 Å². The third-order valence-electron chi connectivity index (χ3n) is 2.35. The second-order valence-electron chi connectivity index (χ2n) is 3.52. The summed E-state index contributed by atoms with van der Waals surface area (Å²) in [7, 11) is 0. The molecule has 0 radical (unpaired) electrons. The van der Waals surface area contributed by atoms with Crippen LogP contribution in [0, 0.1) is 0 Å². The van der Waals surface area contributed by atoms with E-state index < -0.39 is 18.1 Å². The van der Waals surface area contributed by atoms with E-state index in [1.807, 2.05) is 0 Å². The van der Waals surface area contributed by atoms with Crippen LogP contribution in [0.2, 0.25) is 0 Å². The van der Waals surface area contributed by atoms with E-state index in [2.05, 4.69) is 0 Å². The zero-order chi connectivity index (χ0) is 11.5. The number of amides is 1. The van der Waals surface area contributed by atoms with Gasteiger partial charge in [0, 0.05) is 13.1 Å². The highest BCUT2D eigenvalue weighted by Crippen LogP contribution is 2.16. The fourth-order valence-corrected chi connectivity index (χ4v) is 1.50. The number of hydroxylamine groups is 2. The molecule has 4 nitrogen and oxygen atoms in total. The molecule has 88 valence electrons. The minimum absolute atomic E-state index is 0.172. The Hall–Kier alpha value is -0.820. The van der Waals surface area contributed by atoms with Crippen molar-refractivity contribution < 1.29 is 23.2 Å². The van der Waals surface area contributed by atoms with Crippen molar-refractivity contribution in [1.82, 2.24) is 10.4 Å². The number of alkyl halides is 3. The summed E-state index contributed by atoms with van der Waals surface area (Å²) in [6.07, 6.45) is -2.59. The molecule has 1 fully saturated rings. The van der Waals surface area contributed by atoms with Crippen molar-refractivity contribution in [2.75, 3.05) is 13.1 Å². The third-order valence-corrected chi connectivity index (χ3v) is 2.35. The number of carbonyl (C=O) groups is 1. The van der Waals surface area contributed by atoms with Gasteiger partial charge in [0.2, 0.25) is 0 Å². The average molecular weight is 226 g/mol. The Balaban J connectivity index is 2.33. The molecule has 7 heteroatoms. The van der Waals surface area contributed by atoms with Crippen LogP contribution in [0.4, 0.5) is 13.2 Å². The third kappa shape index (κ3) is 3.67. The lowest BCUT2D eigenvalue weighted by Crippen LogP contribution is -2.47. The molecule has 0 saturated carbocycles. The van der Waals surface area contributed by atoms with Crippen LogP contribution in [0.3, 0.4) is 0 Å². The van der Waals surface area contributed by atoms with Crippen LogP contribution in [0.5, 0.6) is 0 Å². The zero-order valence-electron chi connectivity index (χ0n) is 8.05. The minimum Gasteiger partial charge on any atom is -0.347 e. The van der Waals surface area contributed by atoms with Crippen LogP contribution in [-0.2, 0) is 4.79 Å². The van der Waals surface area contributed by atoms with Crippen LogP contribution in [0.15, 0.2) is 0 Å². The molecule has 15 heavy (non-hydrogen) atoms. The molecule has 1 heterocycles. The Labute approximate surface area is 85.0 Å². The van der Waals surface area contributed by atoms with Crippen LogP contribution < -0.4 is 5.32 Å². The van der Waals surface area contributed by atoms with E-state index in [9.17, 15) is 23.2 Å². The van der Waals surface area contributed by atoms with E-state index in [4.69, 9.17) is 0 Å². The van der Waals surface area contributed by atoms with E-state index in [1.54, 1.807) is 5.32 Å². The van der Waals surface area contributed by atoms with Crippen LogP contribution in [-0.4, -0.2) is 41.5 Å². The fraction of sp³-hybridized carbons (Fsp3) is 0.875. The maximum atomic E-state index is 11.8. The lowest BCUT2D eigenvalue weighted by Gasteiger charge is -2.30. The Morgan fingerprint density at radius 1 is 1.47 bits per heavy atom. The number of piperidine rings is 1. The molecule has 1 atom stereocenters. The SMILES string of the molecule is O=C(NCC1CCCCN1O)C(F)(F)F. The Morgan fingerprint density at radius 3 is 2.67 bits per heavy atom. The van der Waals surface area contributed by atoms with Crippen molar-refractivity contribution >= 4 is 5.91 Å². The Bertz CT molecular complexity index is 232. The maximum Gasteiger partial charge on any atom is 0.471 e. The summed E-state index contributed by atoms with van der Waals surface area (Å²) in [6.45, 7) is 0.265. The second kappa shape index (κ2) is 4.80. The van der Waals surface area contributed by atoms with Gasteiger partial charge in [-0.1, -0.05) is 6.42 Å². The summed E-state index contributed by atoms with van der Waals surface area (Å²) in [5.41, 5.74) is 0. The molecular weight excluding hydrogens is 213 g/mol. The van der Waals surface area contributed by atoms with E-state index in [0.717, 1.165) is 17.9 Å². The molecule has 1 rings (SSSR count). The molecule has 0 aliphatic carbocycles. The van der Waals surface area contributed by atoms with Gasteiger partial charge in [-0.15, -0.1) is 0 Å². The topological polar surface area (TPSA) is 52.6 Å². The molecule has 0 aromatic carbocycles. The highest BCUT2D eigenvalue weighted by Gasteiger charge is 2.38. The highest BCUT2D eigenvalue weighted by atomic mass is 19.4. The standard InChI is InChI=1S/C8H13F3N2O2/c9-8(10,11)7(14)12-5-6-3-1-2-4-13(6)15/h6,15H,1-5H2,(H,12,14). The molecule has 2 N–H and O–H groups in total. The van der Waals surface area contributed by atoms with E-state index >= 15 is 0 Å². The quantitative estimate of drug-likeness (QED) is 0.735. The molecule has 1 aliphatic heterocycles. The van der Waals surface area contributed by atoms with E-state index in [1.165, 1.54) is 0 Å². The normalized spacial score (nSPS) is 23.9. The molecule has 0 aromatic heterocycles. The summed E-state index contributed by atoms with van der Waals surface area (Å²) in [5, 5.41) is 12.0. The first-order chi connectivity index (χ1) is 6.91. The molecule has 0 spiro atoms. The molecule has 1 saturated heterocycles. The van der Waals surface area contributed by atoms with Crippen molar-refractivity contribution in [3.05, 3.63) is 0 Å². The molecule has 0 aromatic rings. The van der Waals surface area contributed by atoms with Crippen molar-refractivity contribution in [3.8, 4) is 0 Å². The van der Waals surface area contributed by atoms with Crippen LogP contribution in [0.25, 0.3) is 0 Å². The van der Waals surface area contributed by atoms with Crippen molar-refractivity contribution in [2.24, 2.45) is 0 Å². The van der Waals surface area contributed by atoms with Gasteiger partial charge in [0.25, 0.3) is 0 Å². The molecule has 1 aliphatic rings. The van der Waals surface area contributed by atoms with Gasteiger partial charge in [0.1, 0.15) is 0 Å². The first-order valence-electron chi connectivity index (χ1n) is 4.72. The fourth-order valence-electron chi connectivity index (χ4n) is 1.50. The number of hydrogen-bond donors (Lipinski definition) is 2. The van der Waals surface area contributed by atoms with Gasteiger partial charge in [0.15, 0.2) is 0 Å². The lowest BCUT2D eigenvalue weighted by molar-refractivity contribution is -0.176. The predicted molar refractivity (Wildman–Crippen MR) is 45.2 cm³/mol. The predicted octanol–water partition coefficient (Wildman–Crippen LogP) is 0.909.